The molecule has 0 radical (unpaired) electrons. The van der Waals surface area contributed by atoms with E-state index in [1.165, 1.54) is 12.1 Å². The van der Waals surface area contributed by atoms with E-state index in [0.29, 0.717) is 5.56 Å². The van der Waals surface area contributed by atoms with Crippen LogP contribution in [0.5, 0.6) is 5.75 Å². The summed E-state index contributed by atoms with van der Waals surface area (Å²) in [4.78, 5) is 0. The number of phenols is 1. The van der Waals surface area contributed by atoms with Crippen LogP contribution in [0.3, 0.4) is 0 Å². The topological polar surface area (TPSA) is 32.3 Å². The Bertz CT molecular complexity index is 284. The fourth-order valence-electron chi connectivity index (χ4n) is 1.06. The first-order chi connectivity index (χ1) is 6.58. The van der Waals surface area contributed by atoms with E-state index in [1.54, 1.807) is 0 Å². The third-order valence-corrected chi connectivity index (χ3v) is 1.57. The maximum Gasteiger partial charge on any atom is 0.250 e. The van der Waals surface area contributed by atoms with Gasteiger partial charge >= 0.3 is 0 Å². The molecule has 0 aromatic heterocycles. The van der Waals surface area contributed by atoms with E-state index in [-0.39, 0.29) is 12.3 Å². The van der Waals surface area contributed by atoms with Crippen molar-refractivity contribution in [2.24, 2.45) is 0 Å². The molecule has 0 saturated heterocycles. The van der Waals surface area contributed by atoms with Crippen molar-refractivity contribution in [2.75, 3.05) is 6.54 Å². The van der Waals surface area contributed by atoms with Crippen LogP contribution in [0.1, 0.15) is 5.56 Å². The van der Waals surface area contributed by atoms with Gasteiger partial charge in [0.1, 0.15) is 11.6 Å². The van der Waals surface area contributed by atoms with Gasteiger partial charge in [-0.25, -0.2) is 13.2 Å². The third-order valence-electron chi connectivity index (χ3n) is 1.57. The van der Waals surface area contributed by atoms with Crippen molar-refractivity contribution in [3.8, 4) is 5.75 Å². The number of hydrogen-bond donors (Lipinski definition) is 2. The molecule has 0 spiro atoms. The van der Waals surface area contributed by atoms with Gasteiger partial charge in [0.15, 0.2) is 0 Å². The lowest BCUT2D eigenvalue weighted by molar-refractivity contribution is 0.145. The molecule has 2 nitrogen and oxygen atoms in total. The molecule has 0 heterocycles. The van der Waals surface area contributed by atoms with Crippen LogP contribution in [0.25, 0.3) is 0 Å². The van der Waals surface area contributed by atoms with Crippen LogP contribution in [-0.4, -0.2) is 18.1 Å². The van der Waals surface area contributed by atoms with Gasteiger partial charge in [-0.3, -0.25) is 0 Å². The molecule has 0 unspecified atom stereocenters. The van der Waals surface area contributed by atoms with E-state index in [1.807, 2.05) is 0 Å². The van der Waals surface area contributed by atoms with Gasteiger partial charge in [0.2, 0.25) is 0 Å². The second kappa shape index (κ2) is 4.85. The number of nitrogens with one attached hydrogen (secondary N) is 1. The van der Waals surface area contributed by atoms with Crippen molar-refractivity contribution < 1.29 is 18.3 Å². The lowest BCUT2D eigenvalue weighted by Gasteiger charge is -2.04. The van der Waals surface area contributed by atoms with E-state index in [2.05, 4.69) is 5.32 Å². The van der Waals surface area contributed by atoms with Crippen molar-refractivity contribution in [3.63, 3.8) is 0 Å². The fourth-order valence-corrected chi connectivity index (χ4v) is 1.06. The van der Waals surface area contributed by atoms with Gasteiger partial charge in [-0.1, -0.05) is 0 Å². The summed E-state index contributed by atoms with van der Waals surface area (Å²) in [5, 5.41) is 11.4. The molecule has 2 N–H and O–H groups in total. The van der Waals surface area contributed by atoms with E-state index in [9.17, 15) is 13.2 Å². The Morgan fingerprint density at radius 1 is 1.29 bits per heavy atom. The Labute approximate surface area is 79.4 Å². The monoisotopic (exact) mass is 205 g/mol. The summed E-state index contributed by atoms with van der Waals surface area (Å²) < 4.78 is 36.1. The second-order valence-corrected chi connectivity index (χ2v) is 2.84. The van der Waals surface area contributed by atoms with Gasteiger partial charge in [-0.2, -0.15) is 0 Å². The molecule has 0 saturated carbocycles. The molecule has 78 valence electrons. The highest BCUT2D eigenvalue weighted by Crippen LogP contribution is 2.14. The Morgan fingerprint density at radius 2 is 2.00 bits per heavy atom. The molecule has 1 aromatic carbocycles. The second-order valence-electron chi connectivity index (χ2n) is 2.84. The minimum absolute atomic E-state index is 0.107. The van der Waals surface area contributed by atoms with Crippen molar-refractivity contribution >= 4 is 0 Å². The molecule has 1 aromatic rings. The molecule has 0 amide bonds. The molecule has 0 aliphatic carbocycles. The first kappa shape index (κ1) is 10.8. The molecule has 0 atom stereocenters. The molecule has 0 aliphatic rings. The molecule has 0 fully saturated rings. The zero-order valence-electron chi connectivity index (χ0n) is 7.30. The van der Waals surface area contributed by atoms with Crippen LogP contribution in [0.15, 0.2) is 18.2 Å². The van der Waals surface area contributed by atoms with Crippen molar-refractivity contribution in [3.05, 3.63) is 29.6 Å². The maximum atomic E-state index is 12.7. The van der Waals surface area contributed by atoms with E-state index in [0.717, 1.165) is 6.07 Å². The standard InChI is InChI=1S/C9H10F3NO/c10-7-1-6(2-8(14)3-7)4-13-5-9(11)12/h1-3,9,13-14H,4-5H2. The first-order valence-electron chi connectivity index (χ1n) is 4.05. The van der Waals surface area contributed by atoms with Gasteiger partial charge in [-0.15, -0.1) is 0 Å². The van der Waals surface area contributed by atoms with Crippen molar-refractivity contribution in [1.29, 1.82) is 0 Å². The van der Waals surface area contributed by atoms with Crippen molar-refractivity contribution in [1.82, 2.24) is 5.32 Å². The molecule has 1 rings (SSSR count). The van der Waals surface area contributed by atoms with E-state index < -0.39 is 18.8 Å². The summed E-state index contributed by atoms with van der Waals surface area (Å²) in [7, 11) is 0. The summed E-state index contributed by atoms with van der Waals surface area (Å²) >= 11 is 0. The number of aromatic hydroxyl groups is 1. The predicted octanol–water partition coefficient (Wildman–Crippen LogP) is 1.89. The zero-order valence-corrected chi connectivity index (χ0v) is 7.30. The van der Waals surface area contributed by atoms with Crippen LogP contribution in [0, 0.1) is 5.82 Å². The largest absolute Gasteiger partial charge is 0.508 e. The van der Waals surface area contributed by atoms with Gasteiger partial charge in [0.05, 0.1) is 6.54 Å². The lowest BCUT2D eigenvalue weighted by atomic mass is 10.2. The lowest BCUT2D eigenvalue weighted by Crippen LogP contribution is -2.20. The van der Waals surface area contributed by atoms with Gasteiger partial charge in [-0.05, 0) is 17.7 Å². The third kappa shape index (κ3) is 3.66. The first-order valence-corrected chi connectivity index (χ1v) is 4.05. The van der Waals surface area contributed by atoms with Crippen LogP contribution in [0.4, 0.5) is 13.2 Å². The van der Waals surface area contributed by atoms with E-state index in [4.69, 9.17) is 5.11 Å². The summed E-state index contributed by atoms with van der Waals surface area (Å²) in [6.07, 6.45) is -2.43. The minimum atomic E-state index is -2.43. The van der Waals surface area contributed by atoms with Crippen LogP contribution in [0.2, 0.25) is 0 Å². The molecule has 5 heteroatoms. The number of phenolic OH excluding ortho intramolecular Hbond substituents is 1. The van der Waals surface area contributed by atoms with Crippen molar-refractivity contribution in [2.45, 2.75) is 13.0 Å². The highest BCUT2D eigenvalue weighted by atomic mass is 19.3. The van der Waals surface area contributed by atoms with Gasteiger partial charge < -0.3 is 10.4 Å². The summed E-state index contributed by atoms with van der Waals surface area (Å²) in [5.74, 6) is -0.794. The fraction of sp³-hybridized carbons (Fsp3) is 0.333. The smallest absolute Gasteiger partial charge is 0.250 e. The number of hydrogen-bond acceptors (Lipinski definition) is 2. The number of benzene rings is 1. The summed E-state index contributed by atoms with van der Waals surface area (Å²) in [6, 6.07) is 3.45. The van der Waals surface area contributed by atoms with Crippen LogP contribution in [-0.2, 0) is 6.54 Å². The normalized spacial score (nSPS) is 10.9. The maximum absolute atomic E-state index is 12.7. The van der Waals surface area contributed by atoms with Gasteiger partial charge in [0.25, 0.3) is 6.43 Å². The molecular formula is C9H10F3NO. The molecular weight excluding hydrogens is 195 g/mol. The number of halogens is 3. The van der Waals surface area contributed by atoms with E-state index >= 15 is 0 Å². The number of rotatable bonds is 4. The Balaban J connectivity index is 2.50. The molecule has 0 bridgehead atoms. The Morgan fingerprint density at radius 3 is 2.57 bits per heavy atom. The molecule has 14 heavy (non-hydrogen) atoms. The average Bonchev–Trinajstić information content (AvgIpc) is 2.01. The SMILES string of the molecule is Oc1cc(F)cc(CNCC(F)F)c1. The predicted molar refractivity (Wildman–Crippen MR) is 45.8 cm³/mol. The minimum Gasteiger partial charge on any atom is -0.508 e. The average molecular weight is 205 g/mol. The van der Waals surface area contributed by atoms with Crippen LogP contribution < -0.4 is 5.32 Å². The zero-order chi connectivity index (χ0) is 10.6. The van der Waals surface area contributed by atoms with Crippen LogP contribution >= 0.6 is 0 Å². The summed E-state index contributed by atoms with van der Waals surface area (Å²) in [6.45, 7) is -0.340. The quantitative estimate of drug-likeness (QED) is 0.786. The highest BCUT2D eigenvalue weighted by molar-refractivity contribution is 5.28. The Kier molecular flexibility index (Phi) is 3.76. The Hall–Kier alpha value is -1.23. The summed E-state index contributed by atoms with van der Waals surface area (Å²) in [5.41, 5.74) is 0.433. The van der Waals surface area contributed by atoms with Gasteiger partial charge in [0, 0.05) is 12.6 Å². The number of alkyl halides is 2. The highest BCUT2D eigenvalue weighted by Gasteiger charge is 2.02. The molecule has 0 aliphatic heterocycles.